The second-order valence-corrected chi connectivity index (χ2v) is 28.9. The Labute approximate surface area is 640 Å². The third-order valence-corrected chi connectivity index (χ3v) is 17.1. The third kappa shape index (κ3) is 29.0. The number of amides is 2. The number of likely N-dealkylation sites (N-methyl/N-ethyl adjacent to an activating group) is 2. The molecule has 3 aromatic heterocycles. The summed E-state index contributed by atoms with van der Waals surface area (Å²) in [6, 6.07) is 37.8. The standard InChI is InChI=1S/C26H29F2N5O3.C19H12Cl3F2N3O2.C17H13F2N3O.C8H18N2O.C2Cl4O/c1-31-9-11-32(12-10-31)8-3-13-36-26(35)29-23-5-2-4-19(14-23)18-33-25(34)7-6-24(30-33)20-15-21(27)17-22(28)16-20;20-19(21,22)18(29)25-15-3-1-2-11(6-15)10-27-17(28)5-4-16(26-27)12-7-13(23)9-14(24)8-12;18-13-7-12(8-14(19)9-13)16-4-5-17(23)22(21-16)10-11-2-1-3-15(20)6-11;1-9-4-6-10(7-5-9)3-2-8-11;3-1(7)2(4,5)6/h2,4-7,14-17H,3,8-13,18H2,1H3,(H,29,35);1-9H,10H2,(H,25,29);1-9H,10,20H2;11H,2-8H2,1H3;. The Morgan fingerprint density at radius 1 is 0.472 bits per heavy atom. The summed E-state index contributed by atoms with van der Waals surface area (Å²) in [4.78, 5) is 79.7. The summed E-state index contributed by atoms with van der Waals surface area (Å²) in [5.74, 6) is -5.19. The molecule has 2 saturated heterocycles. The lowest BCUT2D eigenvalue weighted by atomic mass is 10.1. The van der Waals surface area contributed by atoms with E-state index in [1.807, 2.05) is 6.07 Å². The van der Waals surface area contributed by atoms with Crippen LogP contribution in [0.4, 0.5) is 48.2 Å². The van der Waals surface area contributed by atoms with Gasteiger partial charge >= 0.3 is 6.09 Å². The van der Waals surface area contributed by atoms with Gasteiger partial charge in [-0.15, -0.1) is 0 Å². The van der Waals surface area contributed by atoms with Gasteiger partial charge in [0.15, 0.2) is 0 Å². The van der Waals surface area contributed by atoms with Crippen LogP contribution in [0.1, 0.15) is 29.5 Å². The number of hydrogen-bond donors (Lipinski definition) is 4. The van der Waals surface area contributed by atoms with Crippen LogP contribution in [0.2, 0.25) is 0 Å². The summed E-state index contributed by atoms with van der Waals surface area (Å²) >= 11 is 36.1. The van der Waals surface area contributed by atoms with Gasteiger partial charge < -0.3 is 40.5 Å². The van der Waals surface area contributed by atoms with Crippen LogP contribution < -0.4 is 33.0 Å². The van der Waals surface area contributed by atoms with Crippen molar-refractivity contribution in [2.24, 2.45) is 0 Å². The van der Waals surface area contributed by atoms with Crippen LogP contribution >= 0.6 is 81.2 Å². The lowest BCUT2D eigenvalue weighted by Gasteiger charge is -2.32. The normalized spacial score (nSPS) is 13.4. The van der Waals surface area contributed by atoms with Gasteiger partial charge in [0.25, 0.3) is 35.4 Å². The molecule has 5 N–H and O–H groups in total. The molecule has 34 heteroatoms. The second kappa shape index (κ2) is 41.1. The van der Waals surface area contributed by atoms with Gasteiger partial charge in [0, 0.05) is 142 Å². The van der Waals surface area contributed by atoms with Crippen LogP contribution in [-0.2, 0) is 34.0 Å². The topological polar surface area (TPSA) is 248 Å². The van der Waals surface area contributed by atoms with Crippen molar-refractivity contribution in [2.45, 2.75) is 40.1 Å². The minimum Gasteiger partial charge on any atom is -0.449 e. The van der Waals surface area contributed by atoms with Crippen molar-refractivity contribution in [3.63, 3.8) is 0 Å². The first-order valence-electron chi connectivity index (χ1n) is 32.4. The Kier molecular flexibility index (Phi) is 32.9. The van der Waals surface area contributed by atoms with Crippen molar-refractivity contribution in [1.29, 1.82) is 0 Å². The molecule has 0 saturated carbocycles. The predicted molar refractivity (Wildman–Crippen MR) is 402 cm³/mol. The molecule has 0 radical (unpaired) electrons. The van der Waals surface area contributed by atoms with Gasteiger partial charge in [-0.05, 0) is 146 Å². The fourth-order valence-electron chi connectivity index (χ4n) is 10.2. The van der Waals surface area contributed by atoms with Crippen LogP contribution in [0, 0.1) is 34.9 Å². The zero-order valence-electron chi connectivity index (χ0n) is 56.9. The van der Waals surface area contributed by atoms with Gasteiger partial charge in [-0.25, -0.2) is 45.2 Å². The maximum atomic E-state index is 13.6. The summed E-state index contributed by atoms with van der Waals surface area (Å²) in [5.41, 5.74) is 9.70. The van der Waals surface area contributed by atoms with Crippen molar-refractivity contribution in [3.05, 3.63) is 246 Å². The summed E-state index contributed by atoms with van der Waals surface area (Å²) in [6.45, 7) is 11.8. The highest BCUT2D eigenvalue weighted by Crippen LogP contribution is 2.30. The molecule has 564 valence electrons. The number of alkyl halides is 6. The van der Waals surface area contributed by atoms with Crippen LogP contribution in [-0.4, -0.2) is 172 Å². The Hall–Kier alpha value is -8.42. The monoisotopic (exact) mass is 1610 g/mol. The summed E-state index contributed by atoms with van der Waals surface area (Å²) < 4.78 is 85.6. The van der Waals surface area contributed by atoms with E-state index in [-0.39, 0.29) is 58.8 Å². The molecule has 2 aliphatic heterocycles. The molecular weight excluding hydrogens is 1540 g/mol. The summed E-state index contributed by atoms with van der Waals surface area (Å²) in [7, 11) is 4.27. The largest absolute Gasteiger partial charge is 0.449 e. The Morgan fingerprint density at radius 2 is 0.811 bits per heavy atom. The third-order valence-electron chi connectivity index (χ3n) is 15.5. The van der Waals surface area contributed by atoms with Gasteiger partial charge in [-0.2, -0.15) is 15.3 Å². The highest BCUT2D eigenvalue weighted by molar-refractivity contribution is 6.88. The average molecular weight is 1610 g/mol. The highest BCUT2D eigenvalue weighted by Gasteiger charge is 2.31. The Morgan fingerprint density at radius 3 is 1.15 bits per heavy atom. The van der Waals surface area contributed by atoms with E-state index in [1.54, 1.807) is 66.7 Å². The molecule has 106 heavy (non-hydrogen) atoms. The molecule has 0 atom stereocenters. The molecule has 2 fully saturated rings. The molecule has 21 nitrogen and oxygen atoms in total. The van der Waals surface area contributed by atoms with Crippen molar-refractivity contribution >= 4 is 116 Å². The van der Waals surface area contributed by atoms with E-state index in [4.69, 9.17) is 96.8 Å². The maximum absolute atomic E-state index is 13.6. The van der Waals surface area contributed by atoms with E-state index in [9.17, 15) is 55.1 Å². The second-order valence-electron chi connectivity index (χ2n) is 24.0. The number of nitrogens with two attached hydrogens (primary N) is 1. The quantitative estimate of drug-likeness (QED) is 0.0205. The number of anilines is 3. The van der Waals surface area contributed by atoms with Crippen molar-refractivity contribution in [1.82, 2.24) is 48.9 Å². The van der Waals surface area contributed by atoms with Crippen LogP contribution in [0.3, 0.4) is 0 Å². The van der Waals surface area contributed by atoms with Crippen molar-refractivity contribution in [3.8, 4) is 33.8 Å². The lowest BCUT2D eigenvalue weighted by Crippen LogP contribution is -2.44. The number of benzene rings is 6. The summed E-state index contributed by atoms with van der Waals surface area (Å²) in [6.07, 6.45) is 1.14. The zero-order chi connectivity index (χ0) is 77.3. The predicted octanol–water partition coefficient (Wildman–Crippen LogP) is 12.5. The number of nitrogens with one attached hydrogen (secondary N) is 2. The number of carbonyl (C=O) groups is 3. The number of ether oxygens (including phenoxy) is 1. The van der Waals surface area contributed by atoms with Crippen LogP contribution in [0.5, 0.6) is 0 Å². The SMILES string of the molecule is CN1CCN(CCCO)CC1.CN1CCN(CCCOC(=O)Nc2cccc(Cn3nc(-c4cc(F)cc(F)c4)ccc3=O)c2)CC1.Nc1cccc(Cn2nc(-c3cc(F)cc(F)c3)ccc2=O)c1.O=C(Cl)C(Cl)(Cl)Cl.O=C(Nc1cccc(Cn2nc(-c3cc(F)cc(F)c3)ccc2=O)c1)C(Cl)(Cl)Cl. The highest BCUT2D eigenvalue weighted by atomic mass is 35.6. The number of nitrogens with zero attached hydrogens (tertiary/aromatic N) is 10. The van der Waals surface area contributed by atoms with Gasteiger partial charge in [-0.1, -0.05) is 106 Å². The van der Waals surface area contributed by atoms with Gasteiger partial charge in [0.1, 0.15) is 34.9 Å². The number of piperazine rings is 2. The average Bonchev–Trinajstić information content (AvgIpc) is 0.827. The molecule has 0 aliphatic carbocycles. The van der Waals surface area contributed by atoms with E-state index >= 15 is 0 Å². The number of aliphatic hydroxyl groups is 1. The molecule has 2 amide bonds. The molecule has 9 aromatic rings. The zero-order valence-corrected chi connectivity index (χ0v) is 62.2. The smallest absolute Gasteiger partial charge is 0.411 e. The molecule has 0 bridgehead atoms. The van der Waals surface area contributed by atoms with E-state index in [0.717, 1.165) is 118 Å². The molecule has 11 rings (SSSR count). The summed E-state index contributed by atoms with van der Waals surface area (Å²) in [5, 5.41) is 25.4. The number of hydrogen-bond acceptors (Lipinski definition) is 16. The molecular formula is C72H72Cl7F6N13O8. The number of aliphatic hydroxyl groups excluding tert-OH is 1. The Balaban J connectivity index is 0.000000201. The van der Waals surface area contributed by atoms with Crippen LogP contribution in [0.25, 0.3) is 33.8 Å². The number of rotatable bonds is 18. The minimum absolute atomic E-state index is 0.0436. The van der Waals surface area contributed by atoms with Crippen molar-refractivity contribution < 1.29 is 50.6 Å². The van der Waals surface area contributed by atoms with Crippen molar-refractivity contribution in [2.75, 3.05) is 109 Å². The first kappa shape index (κ1) is 84.8. The Bertz CT molecular complexity index is 4570. The van der Waals surface area contributed by atoms with E-state index in [2.05, 4.69) is 59.6 Å². The van der Waals surface area contributed by atoms with Gasteiger partial charge in [-0.3, -0.25) is 29.3 Å². The van der Waals surface area contributed by atoms with Crippen LogP contribution in [0.15, 0.2) is 178 Å². The number of halogens is 13. The molecule has 0 unspecified atom stereocenters. The van der Waals surface area contributed by atoms with E-state index in [1.165, 1.54) is 71.0 Å². The molecule has 5 heterocycles. The van der Waals surface area contributed by atoms with Gasteiger partial charge in [0.2, 0.25) is 0 Å². The minimum atomic E-state index is -2.12. The first-order valence-corrected chi connectivity index (χ1v) is 35.1. The maximum Gasteiger partial charge on any atom is 0.411 e. The number of carbonyl (C=O) groups excluding carboxylic acids is 3. The molecule has 6 aromatic carbocycles. The molecule has 2 aliphatic rings. The fourth-order valence-corrected chi connectivity index (χ4v) is 10.3. The lowest BCUT2D eigenvalue weighted by molar-refractivity contribution is -0.115. The number of aromatic nitrogens is 6. The number of nitrogen functional groups attached to an aromatic ring is 1. The first-order chi connectivity index (χ1) is 50.2. The van der Waals surface area contributed by atoms with Gasteiger partial charge in [0.05, 0.1) is 43.3 Å². The van der Waals surface area contributed by atoms with E-state index < -0.39 is 65.3 Å². The van der Waals surface area contributed by atoms with E-state index in [0.29, 0.717) is 47.1 Å². The fraction of sp³-hybridized carbons (Fsp3) is 0.292. The molecule has 0 spiro atoms.